The van der Waals surface area contributed by atoms with Gasteiger partial charge in [0.05, 0.1) is 23.8 Å². The molecule has 160 valence electrons. The van der Waals surface area contributed by atoms with E-state index in [1.54, 1.807) is 24.3 Å². The van der Waals surface area contributed by atoms with Crippen molar-refractivity contribution in [3.8, 4) is 11.3 Å². The van der Waals surface area contributed by atoms with Crippen molar-refractivity contribution >= 4 is 23.5 Å². The van der Waals surface area contributed by atoms with E-state index < -0.39 is 49.5 Å². The number of nitrogens with one attached hydrogen (secondary N) is 1. The summed E-state index contributed by atoms with van der Waals surface area (Å²) in [5, 5.41) is 7.35. The molecule has 4 rings (SSSR count). The maximum absolute atomic E-state index is 13.8. The molecular weight excluding hydrogens is 423 g/mol. The van der Waals surface area contributed by atoms with Crippen LogP contribution in [0.15, 0.2) is 24.3 Å². The number of benzene rings is 1. The Morgan fingerprint density at radius 3 is 2.67 bits per heavy atom. The molecule has 1 aliphatic carbocycles. The lowest BCUT2D eigenvalue weighted by molar-refractivity contribution is -0.0904. The fourth-order valence-electron chi connectivity index (χ4n) is 3.89. The van der Waals surface area contributed by atoms with Crippen LogP contribution in [0, 0.1) is 0 Å². The van der Waals surface area contributed by atoms with Gasteiger partial charge in [0.15, 0.2) is 0 Å². The SMILES string of the molecule is NC(=O)c1c(-c2cccc(Cl)c2)nn2c1CN(C(=O)NC1CC(F)(F)C1)CC2CF. The predicted octanol–water partition coefficient (Wildman–Crippen LogP) is 3.14. The van der Waals surface area contributed by atoms with Crippen molar-refractivity contribution < 1.29 is 22.8 Å². The minimum Gasteiger partial charge on any atom is -0.365 e. The van der Waals surface area contributed by atoms with E-state index in [0.717, 1.165) is 0 Å². The van der Waals surface area contributed by atoms with Gasteiger partial charge in [0.2, 0.25) is 0 Å². The molecule has 3 N–H and O–H groups in total. The number of urea groups is 1. The Balaban J connectivity index is 1.66. The van der Waals surface area contributed by atoms with Gasteiger partial charge in [-0.2, -0.15) is 5.10 Å². The van der Waals surface area contributed by atoms with E-state index in [9.17, 15) is 22.8 Å². The number of nitrogens with two attached hydrogens (primary N) is 1. The first-order chi connectivity index (χ1) is 14.2. The standard InChI is InChI=1S/C19H19ClF3N5O2/c20-11-3-1-2-10(4-11)16-15(17(24)29)14-9-27(8-13(7-21)28(14)26-16)18(30)25-12-5-19(22,23)6-12/h1-4,12-13H,5-9H2,(H2,24,29)(H,25,30). The average molecular weight is 442 g/mol. The molecular formula is C19H19ClF3N5O2. The second-order valence-electron chi connectivity index (χ2n) is 7.59. The van der Waals surface area contributed by atoms with Crippen LogP contribution in [-0.4, -0.2) is 51.8 Å². The van der Waals surface area contributed by atoms with E-state index in [4.69, 9.17) is 17.3 Å². The minimum atomic E-state index is -2.77. The fraction of sp³-hybridized carbons (Fsp3) is 0.421. The first-order valence-corrected chi connectivity index (χ1v) is 9.72. The van der Waals surface area contributed by atoms with Gasteiger partial charge in [0.25, 0.3) is 11.8 Å². The minimum absolute atomic E-state index is 0.0205. The van der Waals surface area contributed by atoms with Crippen LogP contribution in [0.25, 0.3) is 11.3 Å². The maximum atomic E-state index is 13.8. The zero-order valence-corrected chi connectivity index (χ0v) is 16.5. The van der Waals surface area contributed by atoms with Crippen LogP contribution in [0.4, 0.5) is 18.0 Å². The van der Waals surface area contributed by atoms with E-state index in [2.05, 4.69) is 10.4 Å². The normalized spacial score (nSPS) is 20.4. The summed E-state index contributed by atoms with van der Waals surface area (Å²) in [6.07, 6.45) is -0.856. The number of rotatable bonds is 4. The summed E-state index contributed by atoms with van der Waals surface area (Å²) >= 11 is 6.04. The van der Waals surface area contributed by atoms with Crippen LogP contribution in [0.5, 0.6) is 0 Å². The van der Waals surface area contributed by atoms with Crippen LogP contribution in [0.2, 0.25) is 5.02 Å². The molecule has 11 heteroatoms. The first kappa shape index (κ1) is 20.5. The molecule has 1 unspecified atom stereocenters. The van der Waals surface area contributed by atoms with Gasteiger partial charge >= 0.3 is 6.03 Å². The highest BCUT2D eigenvalue weighted by atomic mass is 35.5. The number of primary amides is 1. The first-order valence-electron chi connectivity index (χ1n) is 9.35. The monoisotopic (exact) mass is 441 g/mol. The number of alkyl halides is 3. The molecule has 1 fully saturated rings. The second-order valence-corrected chi connectivity index (χ2v) is 8.03. The zero-order chi connectivity index (χ0) is 21.6. The summed E-state index contributed by atoms with van der Waals surface area (Å²) < 4.78 is 41.2. The lowest BCUT2D eigenvalue weighted by atomic mass is 9.88. The third kappa shape index (κ3) is 3.71. The molecule has 1 aromatic carbocycles. The summed E-state index contributed by atoms with van der Waals surface area (Å²) in [6, 6.07) is 4.56. The summed E-state index contributed by atoms with van der Waals surface area (Å²) in [4.78, 5) is 26.1. The zero-order valence-electron chi connectivity index (χ0n) is 15.7. The molecule has 0 saturated heterocycles. The predicted molar refractivity (Wildman–Crippen MR) is 103 cm³/mol. The van der Waals surface area contributed by atoms with Gasteiger partial charge < -0.3 is 16.0 Å². The van der Waals surface area contributed by atoms with Crippen LogP contribution >= 0.6 is 11.6 Å². The Morgan fingerprint density at radius 1 is 1.33 bits per heavy atom. The topological polar surface area (TPSA) is 93.2 Å². The van der Waals surface area contributed by atoms with E-state index in [1.165, 1.54) is 9.58 Å². The van der Waals surface area contributed by atoms with Crippen molar-refractivity contribution in [2.24, 2.45) is 5.73 Å². The molecule has 1 atom stereocenters. The largest absolute Gasteiger partial charge is 0.365 e. The van der Waals surface area contributed by atoms with E-state index >= 15 is 0 Å². The molecule has 2 heterocycles. The summed E-state index contributed by atoms with van der Waals surface area (Å²) in [7, 11) is 0. The van der Waals surface area contributed by atoms with Gasteiger partial charge in [-0.05, 0) is 12.1 Å². The number of amides is 3. The Labute approximate surface area is 175 Å². The van der Waals surface area contributed by atoms with Crippen LogP contribution in [0.3, 0.4) is 0 Å². The van der Waals surface area contributed by atoms with Crippen molar-refractivity contribution in [3.63, 3.8) is 0 Å². The molecule has 2 aromatic rings. The lowest BCUT2D eigenvalue weighted by Gasteiger charge is -2.38. The van der Waals surface area contributed by atoms with E-state index in [1.807, 2.05) is 0 Å². The van der Waals surface area contributed by atoms with Crippen molar-refractivity contribution in [1.82, 2.24) is 20.0 Å². The Morgan fingerprint density at radius 2 is 2.07 bits per heavy atom. The summed E-state index contributed by atoms with van der Waals surface area (Å²) in [5.74, 6) is -3.55. The number of hydrogen-bond acceptors (Lipinski definition) is 3. The maximum Gasteiger partial charge on any atom is 0.318 e. The Hall–Kier alpha value is -2.75. The van der Waals surface area contributed by atoms with Gasteiger partial charge in [-0.1, -0.05) is 23.7 Å². The van der Waals surface area contributed by atoms with Crippen molar-refractivity contribution in [3.05, 3.63) is 40.5 Å². The summed E-state index contributed by atoms with van der Waals surface area (Å²) in [6.45, 7) is -0.919. The highest BCUT2D eigenvalue weighted by Gasteiger charge is 2.46. The molecule has 2 aliphatic rings. The highest BCUT2D eigenvalue weighted by molar-refractivity contribution is 6.30. The van der Waals surface area contributed by atoms with Crippen LogP contribution in [0.1, 0.15) is 34.9 Å². The van der Waals surface area contributed by atoms with E-state index in [-0.39, 0.29) is 24.3 Å². The quantitative estimate of drug-likeness (QED) is 0.763. The van der Waals surface area contributed by atoms with Gasteiger partial charge in [-0.3, -0.25) is 9.48 Å². The van der Waals surface area contributed by atoms with Crippen molar-refractivity contribution in [2.45, 2.75) is 37.4 Å². The number of fused-ring (bicyclic) bond motifs is 1. The lowest BCUT2D eigenvalue weighted by Crippen LogP contribution is -2.55. The van der Waals surface area contributed by atoms with Gasteiger partial charge in [0, 0.05) is 36.0 Å². The van der Waals surface area contributed by atoms with Gasteiger partial charge in [0.1, 0.15) is 12.4 Å². The third-order valence-corrected chi connectivity index (χ3v) is 5.59. The molecule has 3 amide bonds. The second kappa shape index (κ2) is 7.50. The van der Waals surface area contributed by atoms with Crippen molar-refractivity contribution in [1.29, 1.82) is 0 Å². The van der Waals surface area contributed by atoms with Gasteiger partial charge in [-0.15, -0.1) is 0 Å². The molecule has 1 saturated carbocycles. The molecule has 0 spiro atoms. The number of hydrogen-bond donors (Lipinski definition) is 2. The molecule has 30 heavy (non-hydrogen) atoms. The Bertz CT molecular complexity index is 1000. The Kier molecular flexibility index (Phi) is 5.13. The summed E-state index contributed by atoms with van der Waals surface area (Å²) in [5.41, 5.74) is 6.73. The number of nitrogens with zero attached hydrogens (tertiary/aromatic N) is 3. The molecule has 0 bridgehead atoms. The van der Waals surface area contributed by atoms with E-state index in [0.29, 0.717) is 16.3 Å². The van der Waals surface area contributed by atoms with Gasteiger partial charge in [-0.25, -0.2) is 18.0 Å². The average Bonchev–Trinajstić information content (AvgIpc) is 3.05. The highest BCUT2D eigenvalue weighted by Crippen LogP contribution is 2.38. The van der Waals surface area contributed by atoms with Crippen LogP contribution < -0.4 is 11.1 Å². The fourth-order valence-corrected chi connectivity index (χ4v) is 4.09. The van der Waals surface area contributed by atoms with Crippen LogP contribution in [-0.2, 0) is 6.54 Å². The van der Waals surface area contributed by atoms with Crippen molar-refractivity contribution in [2.75, 3.05) is 13.2 Å². The molecule has 0 radical (unpaired) electrons. The molecule has 7 nitrogen and oxygen atoms in total. The molecule has 1 aromatic heterocycles. The smallest absolute Gasteiger partial charge is 0.318 e. The third-order valence-electron chi connectivity index (χ3n) is 5.35. The number of carbonyl (C=O) groups excluding carboxylic acids is 2. The number of carbonyl (C=O) groups is 2. The molecule has 1 aliphatic heterocycles. The number of halogens is 4. The number of aromatic nitrogens is 2.